The van der Waals surface area contributed by atoms with Gasteiger partial charge in [0.15, 0.2) is 10.8 Å². The van der Waals surface area contributed by atoms with E-state index in [0.717, 1.165) is 28.4 Å². The summed E-state index contributed by atoms with van der Waals surface area (Å²) in [6.07, 6.45) is 2.08. The summed E-state index contributed by atoms with van der Waals surface area (Å²) in [6, 6.07) is 0. The molecule has 0 atom stereocenters. The highest BCUT2D eigenvalue weighted by Crippen LogP contribution is 2.44. The van der Waals surface area contributed by atoms with Gasteiger partial charge in [0, 0.05) is 0 Å². The predicted molar refractivity (Wildman–Crippen MR) is 117 cm³/mol. The van der Waals surface area contributed by atoms with Crippen molar-refractivity contribution in [3.63, 3.8) is 0 Å². The zero-order valence-electron chi connectivity index (χ0n) is 17.4. The molecule has 10 heteroatoms. The summed E-state index contributed by atoms with van der Waals surface area (Å²) >= 11 is 6.54. The minimum Gasteiger partial charge on any atom is -0.468 e. The van der Waals surface area contributed by atoms with Gasteiger partial charge >= 0.3 is 23.9 Å². The molecule has 0 N–H and O–H groups in total. The van der Waals surface area contributed by atoms with Crippen LogP contribution in [0.5, 0.6) is 0 Å². The molecule has 0 rings (SSSR count). The van der Waals surface area contributed by atoms with E-state index in [4.69, 9.17) is 18.9 Å². The van der Waals surface area contributed by atoms with Crippen molar-refractivity contribution in [2.24, 2.45) is 10.8 Å². The molecule has 0 aromatic carbocycles. The third-order valence-electron chi connectivity index (χ3n) is 4.59. The molecule has 0 aliphatic carbocycles. The number of halogens is 2. The molecule has 0 saturated carbocycles. The zero-order valence-corrected chi connectivity index (χ0v) is 20.6. The zero-order chi connectivity index (χ0) is 23.5. The summed E-state index contributed by atoms with van der Waals surface area (Å²) in [6.45, 7) is 7.20. The van der Waals surface area contributed by atoms with Crippen LogP contribution in [0.2, 0.25) is 0 Å². The van der Waals surface area contributed by atoms with Crippen LogP contribution in [-0.4, -0.2) is 52.3 Å². The van der Waals surface area contributed by atoms with Crippen LogP contribution in [0.25, 0.3) is 0 Å². The van der Waals surface area contributed by atoms with Gasteiger partial charge < -0.3 is 18.9 Å². The van der Waals surface area contributed by atoms with Gasteiger partial charge in [-0.15, -0.1) is 13.2 Å². The Hall–Kier alpha value is -1.94. The highest BCUT2D eigenvalue weighted by molar-refractivity contribution is 9.28. The van der Waals surface area contributed by atoms with Crippen LogP contribution < -0.4 is 0 Å². The van der Waals surface area contributed by atoms with Crippen molar-refractivity contribution in [3.05, 3.63) is 34.3 Å². The number of hydrogen-bond donors (Lipinski definition) is 0. The summed E-state index contributed by atoms with van der Waals surface area (Å²) < 4.78 is 19.7. The molecule has 0 fully saturated rings. The number of hydrogen-bond acceptors (Lipinski definition) is 8. The predicted octanol–water partition coefficient (Wildman–Crippen LogP) is 3.59. The van der Waals surface area contributed by atoms with Crippen molar-refractivity contribution in [3.8, 4) is 0 Å². The number of carbonyl (C=O) groups is 4. The Morgan fingerprint density at radius 2 is 0.967 bits per heavy atom. The lowest BCUT2D eigenvalue weighted by molar-refractivity contribution is -0.169. The van der Waals surface area contributed by atoms with Crippen molar-refractivity contribution < 1.29 is 38.1 Å². The van der Waals surface area contributed by atoms with E-state index in [1.807, 2.05) is 0 Å². The van der Waals surface area contributed by atoms with Crippen LogP contribution in [0.3, 0.4) is 0 Å². The normalized spacial score (nSPS) is 11.0. The Morgan fingerprint density at radius 1 is 0.700 bits per heavy atom. The number of ether oxygens (including phenoxy) is 4. The first kappa shape index (κ1) is 28.1. The Balaban J connectivity index is 6.63. The second kappa shape index (κ2) is 12.7. The van der Waals surface area contributed by atoms with E-state index in [-0.39, 0.29) is 25.7 Å². The second-order valence-corrected chi connectivity index (χ2v) is 8.98. The van der Waals surface area contributed by atoms with E-state index in [9.17, 15) is 19.2 Å². The molecule has 0 aromatic heterocycles. The molecule has 30 heavy (non-hydrogen) atoms. The number of allylic oxidation sites excluding steroid dienone is 3. The summed E-state index contributed by atoms with van der Waals surface area (Å²) in [7, 11) is 4.56. The minimum atomic E-state index is -1.78. The van der Waals surface area contributed by atoms with E-state index >= 15 is 0 Å². The molecule has 0 aliphatic rings. The highest BCUT2D eigenvalue weighted by atomic mass is 79.9. The van der Waals surface area contributed by atoms with Crippen molar-refractivity contribution >= 4 is 55.7 Å². The lowest BCUT2D eigenvalue weighted by atomic mass is 9.72. The van der Waals surface area contributed by atoms with E-state index in [1.54, 1.807) is 0 Å². The Kier molecular flexibility index (Phi) is 11.9. The maximum Gasteiger partial charge on any atom is 0.323 e. The molecular formula is C20H26Br2O8. The smallest absolute Gasteiger partial charge is 0.323 e. The SMILES string of the molecule is C=CCC(CC(CC(CC=C)(C(=O)OC)C(=O)OC)=C(Br)Br)(C(=O)OC)C(=O)OC. The maximum absolute atomic E-state index is 12.6. The van der Waals surface area contributed by atoms with Gasteiger partial charge in [0.25, 0.3) is 0 Å². The molecule has 0 heterocycles. The third kappa shape index (κ3) is 6.04. The minimum absolute atomic E-state index is 0.103. The number of methoxy groups -OCH3 is 4. The highest BCUT2D eigenvalue weighted by Gasteiger charge is 2.52. The average molecular weight is 554 g/mol. The van der Waals surface area contributed by atoms with E-state index < -0.39 is 34.7 Å². The summed E-state index contributed by atoms with van der Waals surface area (Å²) in [5.74, 6) is -3.39. The summed E-state index contributed by atoms with van der Waals surface area (Å²) in [4.78, 5) is 50.5. The van der Waals surface area contributed by atoms with E-state index in [2.05, 4.69) is 45.0 Å². The fraction of sp³-hybridized carbons (Fsp3) is 0.500. The molecule has 0 amide bonds. The third-order valence-corrected chi connectivity index (χ3v) is 5.71. The fourth-order valence-electron chi connectivity index (χ4n) is 3.13. The van der Waals surface area contributed by atoms with Gasteiger partial charge in [-0.1, -0.05) is 12.2 Å². The van der Waals surface area contributed by atoms with Crippen molar-refractivity contribution in [2.75, 3.05) is 28.4 Å². The van der Waals surface area contributed by atoms with Gasteiger partial charge in [0.05, 0.1) is 31.8 Å². The van der Waals surface area contributed by atoms with Gasteiger partial charge in [0.1, 0.15) is 0 Å². The van der Waals surface area contributed by atoms with Crippen LogP contribution in [0, 0.1) is 10.8 Å². The number of esters is 4. The largest absolute Gasteiger partial charge is 0.468 e. The first-order valence-electron chi connectivity index (χ1n) is 8.65. The van der Waals surface area contributed by atoms with Crippen molar-refractivity contribution in [1.82, 2.24) is 0 Å². The molecule has 0 aliphatic heterocycles. The van der Waals surface area contributed by atoms with Crippen LogP contribution in [0.4, 0.5) is 0 Å². The van der Waals surface area contributed by atoms with Gasteiger partial charge in [-0.25, -0.2) is 0 Å². The van der Waals surface area contributed by atoms with Gasteiger partial charge in [-0.3, -0.25) is 19.2 Å². The number of carbonyl (C=O) groups excluding carboxylic acids is 4. The molecule has 0 unspecified atom stereocenters. The second-order valence-electron chi connectivity index (χ2n) is 6.33. The number of rotatable bonds is 12. The van der Waals surface area contributed by atoms with Crippen molar-refractivity contribution in [2.45, 2.75) is 25.7 Å². The maximum atomic E-state index is 12.6. The molecular weight excluding hydrogens is 528 g/mol. The van der Waals surface area contributed by atoms with Gasteiger partial charge in [0.2, 0.25) is 0 Å². The summed E-state index contributed by atoms with van der Waals surface area (Å²) in [5, 5.41) is 0. The Bertz CT molecular complexity index is 636. The van der Waals surface area contributed by atoms with Gasteiger partial charge in [-0.05, 0) is 63.1 Å². The van der Waals surface area contributed by atoms with Gasteiger partial charge in [-0.2, -0.15) is 0 Å². The van der Waals surface area contributed by atoms with Crippen LogP contribution in [-0.2, 0) is 38.1 Å². The first-order chi connectivity index (χ1) is 14.1. The fourth-order valence-corrected chi connectivity index (χ4v) is 3.69. The molecule has 0 radical (unpaired) electrons. The van der Waals surface area contributed by atoms with E-state index in [0.29, 0.717) is 8.96 Å². The van der Waals surface area contributed by atoms with Crippen molar-refractivity contribution in [1.29, 1.82) is 0 Å². The molecule has 0 saturated heterocycles. The average Bonchev–Trinajstić information content (AvgIpc) is 2.74. The topological polar surface area (TPSA) is 105 Å². The van der Waals surface area contributed by atoms with Crippen LogP contribution in [0.15, 0.2) is 34.3 Å². The summed E-state index contributed by atoms with van der Waals surface area (Å²) in [5.41, 5.74) is -3.22. The molecule has 8 nitrogen and oxygen atoms in total. The van der Waals surface area contributed by atoms with Crippen LogP contribution >= 0.6 is 31.9 Å². The molecule has 168 valence electrons. The van der Waals surface area contributed by atoms with Crippen LogP contribution in [0.1, 0.15) is 25.7 Å². The monoisotopic (exact) mass is 552 g/mol. The molecule has 0 bridgehead atoms. The Labute approximate surface area is 192 Å². The lowest BCUT2D eigenvalue weighted by Gasteiger charge is -2.32. The standard InChI is InChI=1S/C20H26Br2O8/c1-7-9-19(15(23)27-3,16(24)28-4)11-13(14(21)22)12-20(10-8-2,17(25)29-5)18(26)30-6/h7-8H,1-2,9-12H2,3-6H3. The molecule has 0 spiro atoms. The van der Waals surface area contributed by atoms with E-state index in [1.165, 1.54) is 12.2 Å². The lowest BCUT2D eigenvalue weighted by Crippen LogP contribution is -2.44. The first-order valence-corrected chi connectivity index (χ1v) is 10.2. The quantitative estimate of drug-likeness (QED) is 0.156. The molecule has 0 aromatic rings. The Morgan fingerprint density at radius 3 is 1.13 bits per heavy atom.